The number of thioether (sulfide) groups is 1. The van der Waals surface area contributed by atoms with Crippen LogP contribution < -0.4 is 26.4 Å². The van der Waals surface area contributed by atoms with E-state index in [0.717, 1.165) is 0 Å². The Morgan fingerprint density at radius 2 is 1.63 bits per heavy atom. The normalized spacial score (nSPS) is 10.9. The SMILES string of the molecule is COc1cc(O)ccc1/C=C(/NC(=O)c1ccccc1)C(=O)Nc1cccc(SCC(=O)Nc2ccccc2C(N)=O)c1. The van der Waals surface area contributed by atoms with Gasteiger partial charge in [-0.05, 0) is 60.7 Å². The molecular weight excluding hydrogens is 568 g/mol. The third-order valence-electron chi connectivity index (χ3n) is 5.97. The molecular formula is C32H28N4O6S. The molecule has 0 aliphatic carbocycles. The van der Waals surface area contributed by atoms with E-state index in [4.69, 9.17) is 10.5 Å². The first-order chi connectivity index (χ1) is 20.7. The van der Waals surface area contributed by atoms with Crippen LogP contribution in [0.1, 0.15) is 26.3 Å². The molecule has 0 aliphatic heterocycles. The number of benzene rings is 4. The maximum Gasteiger partial charge on any atom is 0.272 e. The Hall–Kier alpha value is -5.55. The van der Waals surface area contributed by atoms with Crippen LogP contribution in [0.5, 0.6) is 11.5 Å². The lowest BCUT2D eigenvalue weighted by Crippen LogP contribution is -2.30. The highest BCUT2D eigenvalue weighted by molar-refractivity contribution is 8.00. The van der Waals surface area contributed by atoms with E-state index >= 15 is 0 Å². The molecule has 0 saturated heterocycles. The van der Waals surface area contributed by atoms with Crippen molar-refractivity contribution in [3.05, 3.63) is 119 Å². The number of primary amides is 1. The zero-order chi connectivity index (χ0) is 30.8. The zero-order valence-electron chi connectivity index (χ0n) is 23.0. The van der Waals surface area contributed by atoms with Crippen LogP contribution in [0.15, 0.2) is 108 Å². The van der Waals surface area contributed by atoms with Gasteiger partial charge >= 0.3 is 0 Å². The zero-order valence-corrected chi connectivity index (χ0v) is 23.8. The van der Waals surface area contributed by atoms with Crippen molar-refractivity contribution in [3.8, 4) is 11.5 Å². The van der Waals surface area contributed by atoms with Gasteiger partial charge < -0.3 is 31.5 Å². The number of hydrogen-bond donors (Lipinski definition) is 5. The molecule has 4 rings (SSSR count). The lowest BCUT2D eigenvalue weighted by Gasteiger charge is -2.13. The number of nitrogens with one attached hydrogen (secondary N) is 3. The summed E-state index contributed by atoms with van der Waals surface area (Å²) in [5.41, 5.74) is 7.07. The van der Waals surface area contributed by atoms with E-state index in [2.05, 4.69) is 16.0 Å². The molecule has 11 heteroatoms. The average molecular weight is 597 g/mol. The number of para-hydroxylation sites is 1. The van der Waals surface area contributed by atoms with Crippen molar-refractivity contribution in [2.24, 2.45) is 5.73 Å². The van der Waals surface area contributed by atoms with Crippen LogP contribution in [-0.4, -0.2) is 41.6 Å². The number of aromatic hydroxyl groups is 1. The molecule has 0 spiro atoms. The quantitative estimate of drug-likeness (QED) is 0.125. The summed E-state index contributed by atoms with van der Waals surface area (Å²) < 4.78 is 5.32. The smallest absolute Gasteiger partial charge is 0.272 e. The van der Waals surface area contributed by atoms with Gasteiger partial charge in [-0.2, -0.15) is 0 Å². The number of carbonyl (C=O) groups is 4. The van der Waals surface area contributed by atoms with Gasteiger partial charge in [-0.25, -0.2) is 0 Å². The second-order valence-corrected chi connectivity index (χ2v) is 10.1. The first-order valence-corrected chi connectivity index (χ1v) is 13.9. The Morgan fingerprint density at radius 1 is 0.884 bits per heavy atom. The molecule has 0 heterocycles. The lowest BCUT2D eigenvalue weighted by molar-refractivity contribution is -0.114. The number of rotatable bonds is 11. The molecule has 43 heavy (non-hydrogen) atoms. The van der Waals surface area contributed by atoms with E-state index in [1.54, 1.807) is 78.9 Å². The summed E-state index contributed by atoms with van der Waals surface area (Å²) in [5.74, 6) is -1.78. The number of carbonyl (C=O) groups excluding carboxylic acids is 4. The van der Waals surface area contributed by atoms with E-state index in [1.807, 2.05) is 0 Å². The summed E-state index contributed by atoms with van der Waals surface area (Å²) in [6.45, 7) is 0. The van der Waals surface area contributed by atoms with E-state index in [1.165, 1.54) is 43.1 Å². The minimum Gasteiger partial charge on any atom is -0.508 e. The van der Waals surface area contributed by atoms with Crippen LogP contribution in [0.3, 0.4) is 0 Å². The number of phenolic OH excluding ortho intramolecular Hbond substituents is 1. The first kappa shape index (κ1) is 30.4. The van der Waals surface area contributed by atoms with Crippen molar-refractivity contribution >= 4 is 52.8 Å². The minimum absolute atomic E-state index is 0.0200. The summed E-state index contributed by atoms with van der Waals surface area (Å²) in [4.78, 5) is 51.2. The Morgan fingerprint density at radius 3 is 2.37 bits per heavy atom. The predicted molar refractivity (Wildman–Crippen MR) is 166 cm³/mol. The number of amides is 4. The molecule has 0 saturated carbocycles. The van der Waals surface area contributed by atoms with Crippen LogP contribution in [0.4, 0.5) is 11.4 Å². The molecule has 10 nitrogen and oxygen atoms in total. The first-order valence-electron chi connectivity index (χ1n) is 12.9. The molecule has 0 bridgehead atoms. The van der Waals surface area contributed by atoms with Crippen molar-refractivity contribution in [1.29, 1.82) is 0 Å². The number of hydrogen-bond acceptors (Lipinski definition) is 7. The van der Waals surface area contributed by atoms with Crippen molar-refractivity contribution in [3.63, 3.8) is 0 Å². The Kier molecular flexibility index (Phi) is 10.2. The highest BCUT2D eigenvalue weighted by Crippen LogP contribution is 2.27. The van der Waals surface area contributed by atoms with Crippen LogP contribution in [0.2, 0.25) is 0 Å². The molecule has 0 aliphatic rings. The van der Waals surface area contributed by atoms with Gasteiger partial charge in [-0.3, -0.25) is 19.2 Å². The minimum atomic E-state index is -0.649. The van der Waals surface area contributed by atoms with Crippen molar-refractivity contribution in [1.82, 2.24) is 5.32 Å². The van der Waals surface area contributed by atoms with Crippen LogP contribution in [0, 0.1) is 0 Å². The van der Waals surface area contributed by atoms with Gasteiger partial charge in [-0.1, -0.05) is 36.4 Å². The third-order valence-corrected chi connectivity index (χ3v) is 6.97. The maximum atomic E-state index is 13.4. The Balaban J connectivity index is 1.49. The Labute approximate surface area is 251 Å². The molecule has 0 unspecified atom stereocenters. The molecule has 0 aromatic heterocycles. The second kappa shape index (κ2) is 14.4. The molecule has 4 aromatic carbocycles. The topological polar surface area (TPSA) is 160 Å². The summed E-state index contributed by atoms with van der Waals surface area (Å²) >= 11 is 1.22. The van der Waals surface area contributed by atoms with Crippen LogP contribution in [-0.2, 0) is 9.59 Å². The fourth-order valence-corrected chi connectivity index (χ4v) is 4.68. The molecule has 0 fully saturated rings. The third kappa shape index (κ3) is 8.47. The summed E-state index contributed by atoms with van der Waals surface area (Å²) in [6, 6.07) is 26.1. The second-order valence-electron chi connectivity index (χ2n) is 9.03. The Bertz CT molecular complexity index is 1690. The van der Waals surface area contributed by atoms with Gasteiger partial charge in [0.05, 0.1) is 24.1 Å². The van der Waals surface area contributed by atoms with Gasteiger partial charge in [-0.15, -0.1) is 11.8 Å². The number of methoxy groups -OCH3 is 1. The van der Waals surface area contributed by atoms with Crippen LogP contribution >= 0.6 is 11.8 Å². The van der Waals surface area contributed by atoms with Crippen molar-refractivity contribution in [2.45, 2.75) is 4.90 Å². The molecule has 4 amide bonds. The van der Waals surface area contributed by atoms with Gasteiger partial charge in [0.2, 0.25) is 5.91 Å². The number of nitrogens with two attached hydrogens (primary N) is 1. The fraction of sp³-hybridized carbons (Fsp3) is 0.0625. The lowest BCUT2D eigenvalue weighted by atomic mass is 10.1. The molecule has 0 radical (unpaired) electrons. The fourth-order valence-electron chi connectivity index (χ4n) is 3.92. The predicted octanol–water partition coefficient (Wildman–Crippen LogP) is 4.64. The number of phenols is 1. The standard InChI is InChI=1S/C32H28N4O6S/c1-42-28-18-23(37)15-14-21(28)16-27(36-31(40)20-8-3-2-4-9-20)32(41)34-22-10-7-11-24(17-22)43-19-29(38)35-26-13-6-5-12-25(26)30(33)39/h2-18,37H,19H2,1H3,(H2,33,39)(H,34,41)(H,35,38)(H,36,40)/b27-16+. The highest BCUT2D eigenvalue weighted by atomic mass is 32.2. The van der Waals surface area contributed by atoms with Gasteiger partial charge in [0.25, 0.3) is 17.7 Å². The highest BCUT2D eigenvalue weighted by Gasteiger charge is 2.17. The largest absolute Gasteiger partial charge is 0.508 e. The number of ether oxygens (including phenoxy) is 1. The molecule has 6 N–H and O–H groups in total. The molecule has 0 atom stereocenters. The van der Waals surface area contributed by atoms with Crippen LogP contribution in [0.25, 0.3) is 6.08 Å². The monoisotopic (exact) mass is 596 g/mol. The summed E-state index contributed by atoms with van der Waals surface area (Å²) in [7, 11) is 1.42. The van der Waals surface area contributed by atoms with Gasteiger partial charge in [0.1, 0.15) is 17.2 Å². The average Bonchev–Trinajstić information content (AvgIpc) is 3.01. The van der Waals surface area contributed by atoms with Gasteiger partial charge in [0.15, 0.2) is 0 Å². The number of anilines is 2. The van der Waals surface area contributed by atoms with E-state index in [0.29, 0.717) is 33.1 Å². The van der Waals surface area contributed by atoms with Crippen molar-refractivity contribution < 1.29 is 29.0 Å². The van der Waals surface area contributed by atoms with E-state index in [9.17, 15) is 24.3 Å². The van der Waals surface area contributed by atoms with E-state index in [-0.39, 0.29) is 28.7 Å². The van der Waals surface area contributed by atoms with Gasteiger partial charge in [0, 0.05) is 27.8 Å². The van der Waals surface area contributed by atoms with Crippen molar-refractivity contribution in [2.75, 3.05) is 23.5 Å². The molecule has 218 valence electrons. The molecule has 4 aromatic rings. The summed E-state index contributed by atoms with van der Waals surface area (Å²) in [5, 5.41) is 17.9. The summed E-state index contributed by atoms with van der Waals surface area (Å²) in [6.07, 6.45) is 1.45. The maximum absolute atomic E-state index is 13.4. The van der Waals surface area contributed by atoms with E-state index < -0.39 is 17.7 Å².